The summed E-state index contributed by atoms with van der Waals surface area (Å²) in [4.78, 5) is 0. The normalized spacial score (nSPS) is 25.7. The predicted octanol–water partition coefficient (Wildman–Crippen LogP) is 2.26. The van der Waals surface area contributed by atoms with Gasteiger partial charge in [0.15, 0.2) is 11.5 Å². The van der Waals surface area contributed by atoms with Crippen LogP contribution in [0.15, 0.2) is 18.2 Å². The molecule has 4 heteroatoms. The van der Waals surface area contributed by atoms with E-state index in [2.05, 4.69) is 0 Å². The number of hydrogen-bond acceptors (Lipinski definition) is 4. The molecule has 2 rings (SSSR count). The van der Waals surface area contributed by atoms with Gasteiger partial charge in [0.1, 0.15) is 0 Å². The highest BCUT2D eigenvalue weighted by atomic mass is 16.5. The van der Waals surface area contributed by atoms with E-state index in [1.165, 1.54) is 0 Å². The van der Waals surface area contributed by atoms with Gasteiger partial charge in [-0.05, 0) is 49.8 Å². The monoisotopic (exact) mass is 279 g/mol. The summed E-state index contributed by atoms with van der Waals surface area (Å²) in [6.45, 7) is 2.93. The second-order valence-corrected chi connectivity index (χ2v) is 5.69. The van der Waals surface area contributed by atoms with Crippen molar-refractivity contribution in [3.05, 3.63) is 23.8 Å². The molecule has 0 bridgehead atoms. The fourth-order valence-corrected chi connectivity index (χ4v) is 3.01. The summed E-state index contributed by atoms with van der Waals surface area (Å²) in [5.41, 5.74) is 6.14. The Labute approximate surface area is 120 Å². The quantitative estimate of drug-likeness (QED) is 0.838. The van der Waals surface area contributed by atoms with Crippen molar-refractivity contribution < 1.29 is 14.6 Å². The summed E-state index contributed by atoms with van der Waals surface area (Å²) in [6, 6.07) is 5.89. The van der Waals surface area contributed by atoms with Crippen molar-refractivity contribution in [1.82, 2.24) is 0 Å². The minimum atomic E-state index is -0.694. The molecule has 2 atom stereocenters. The largest absolute Gasteiger partial charge is 0.493 e. The molecule has 0 aliphatic heterocycles. The molecule has 0 spiro atoms. The average molecular weight is 279 g/mol. The highest BCUT2D eigenvalue weighted by Crippen LogP contribution is 2.37. The summed E-state index contributed by atoms with van der Waals surface area (Å²) in [5.74, 6) is 1.75. The second-order valence-electron chi connectivity index (χ2n) is 5.69. The zero-order chi connectivity index (χ0) is 14.6. The van der Waals surface area contributed by atoms with Crippen molar-refractivity contribution in [2.45, 2.75) is 38.2 Å². The van der Waals surface area contributed by atoms with E-state index < -0.39 is 5.60 Å². The molecule has 0 heterocycles. The van der Waals surface area contributed by atoms with Gasteiger partial charge in [0.2, 0.25) is 0 Å². The molecule has 0 aromatic heterocycles. The lowest BCUT2D eigenvalue weighted by Gasteiger charge is -2.28. The third-order valence-electron chi connectivity index (χ3n) is 4.32. The van der Waals surface area contributed by atoms with Crippen LogP contribution in [-0.4, -0.2) is 31.0 Å². The molecule has 1 aromatic rings. The first-order chi connectivity index (χ1) is 9.59. The third-order valence-corrected chi connectivity index (χ3v) is 4.32. The standard InChI is InChI=1S/C16H25NO3/c1-12-5-6-14(15(10-12)19-2)20-9-7-13-4-3-8-16(13,18)11-17/h5-6,10,13,18H,3-4,7-9,11,17H2,1-2H3. The lowest BCUT2D eigenvalue weighted by atomic mass is 9.88. The maximum absolute atomic E-state index is 10.4. The van der Waals surface area contributed by atoms with Crippen LogP contribution in [0.5, 0.6) is 11.5 Å². The minimum absolute atomic E-state index is 0.240. The van der Waals surface area contributed by atoms with Gasteiger partial charge in [0, 0.05) is 6.54 Å². The van der Waals surface area contributed by atoms with Gasteiger partial charge in [-0.25, -0.2) is 0 Å². The maximum atomic E-state index is 10.4. The number of ether oxygens (including phenoxy) is 2. The summed E-state index contributed by atoms with van der Waals surface area (Å²) in [6.07, 6.45) is 3.71. The molecule has 1 aromatic carbocycles. The first kappa shape index (κ1) is 15.1. The van der Waals surface area contributed by atoms with Crippen molar-refractivity contribution in [3.8, 4) is 11.5 Å². The van der Waals surface area contributed by atoms with E-state index in [0.717, 1.165) is 42.7 Å². The van der Waals surface area contributed by atoms with Crippen molar-refractivity contribution in [2.75, 3.05) is 20.3 Å². The highest BCUT2D eigenvalue weighted by Gasteiger charge is 2.39. The molecule has 1 aliphatic carbocycles. The summed E-state index contributed by atoms with van der Waals surface area (Å²) < 4.78 is 11.1. The Bertz CT molecular complexity index is 449. The molecule has 1 saturated carbocycles. The van der Waals surface area contributed by atoms with E-state index in [1.54, 1.807) is 7.11 Å². The van der Waals surface area contributed by atoms with E-state index in [0.29, 0.717) is 13.2 Å². The van der Waals surface area contributed by atoms with Crippen molar-refractivity contribution in [3.63, 3.8) is 0 Å². The Morgan fingerprint density at radius 2 is 2.20 bits per heavy atom. The fraction of sp³-hybridized carbons (Fsp3) is 0.625. The topological polar surface area (TPSA) is 64.7 Å². The van der Waals surface area contributed by atoms with Crippen molar-refractivity contribution in [1.29, 1.82) is 0 Å². The number of hydrogen-bond donors (Lipinski definition) is 2. The summed E-state index contributed by atoms with van der Waals surface area (Å²) in [7, 11) is 1.64. The average Bonchev–Trinajstić information content (AvgIpc) is 2.82. The van der Waals surface area contributed by atoms with Crippen LogP contribution in [-0.2, 0) is 0 Å². The van der Waals surface area contributed by atoms with E-state index in [9.17, 15) is 5.11 Å². The van der Waals surface area contributed by atoms with Crippen LogP contribution in [0.4, 0.5) is 0 Å². The lowest BCUT2D eigenvalue weighted by molar-refractivity contribution is 0.00347. The Hall–Kier alpha value is -1.26. The van der Waals surface area contributed by atoms with Gasteiger partial charge in [-0.2, -0.15) is 0 Å². The van der Waals surface area contributed by atoms with E-state index in [1.807, 2.05) is 25.1 Å². The van der Waals surface area contributed by atoms with Crippen molar-refractivity contribution in [2.24, 2.45) is 11.7 Å². The van der Waals surface area contributed by atoms with Gasteiger partial charge in [-0.1, -0.05) is 12.5 Å². The van der Waals surface area contributed by atoms with Crippen LogP contribution >= 0.6 is 0 Å². The lowest BCUT2D eigenvalue weighted by Crippen LogP contribution is -2.41. The van der Waals surface area contributed by atoms with Gasteiger partial charge >= 0.3 is 0 Å². The minimum Gasteiger partial charge on any atom is -0.493 e. The smallest absolute Gasteiger partial charge is 0.161 e. The van der Waals surface area contributed by atoms with Gasteiger partial charge in [0.25, 0.3) is 0 Å². The molecule has 112 valence electrons. The Balaban J connectivity index is 1.90. The van der Waals surface area contributed by atoms with Crippen LogP contribution in [0.3, 0.4) is 0 Å². The molecule has 2 unspecified atom stereocenters. The third kappa shape index (κ3) is 3.25. The molecule has 4 nitrogen and oxygen atoms in total. The Morgan fingerprint density at radius 3 is 2.90 bits per heavy atom. The SMILES string of the molecule is COc1cc(C)ccc1OCCC1CCCC1(O)CN. The molecule has 0 saturated heterocycles. The highest BCUT2D eigenvalue weighted by molar-refractivity contribution is 5.42. The van der Waals surface area contributed by atoms with Crippen LogP contribution in [0.1, 0.15) is 31.2 Å². The predicted molar refractivity (Wildman–Crippen MR) is 79.2 cm³/mol. The molecule has 0 radical (unpaired) electrons. The summed E-state index contributed by atoms with van der Waals surface area (Å²) >= 11 is 0. The number of aliphatic hydroxyl groups is 1. The number of benzene rings is 1. The van der Waals surface area contributed by atoms with Gasteiger partial charge in [0.05, 0.1) is 19.3 Å². The molecular weight excluding hydrogens is 254 g/mol. The van der Waals surface area contributed by atoms with Gasteiger partial charge in [-0.15, -0.1) is 0 Å². The van der Waals surface area contributed by atoms with Gasteiger partial charge < -0.3 is 20.3 Å². The Kier molecular flexibility index (Phi) is 4.89. The molecule has 20 heavy (non-hydrogen) atoms. The first-order valence-electron chi connectivity index (χ1n) is 7.29. The summed E-state index contributed by atoms with van der Waals surface area (Å²) in [5, 5.41) is 10.4. The van der Waals surface area contributed by atoms with Crippen LogP contribution < -0.4 is 15.2 Å². The molecular formula is C16H25NO3. The zero-order valence-electron chi connectivity index (χ0n) is 12.4. The Morgan fingerprint density at radius 1 is 1.40 bits per heavy atom. The van der Waals surface area contributed by atoms with E-state index in [-0.39, 0.29) is 5.92 Å². The fourth-order valence-electron chi connectivity index (χ4n) is 3.01. The molecule has 0 amide bonds. The van der Waals surface area contributed by atoms with Crippen molar-refractivity contribution >= 4 is 0 Å². The first-order valence-corrected chi connectivity index (χ1v) is 7.29. The van der Waals surface area contributed by atoms with Crippen LogP contribution in [0.2, 0.25) is 0 Å². The van der Waals surface area contributed by atoms with Gasteiger partial charge in [-0.3, -0.25) is 0 Å². The van der Waals surface area contributed by atoms with Crippen LogP contribution in [0, 0.1) is 12.8 Å². The van der Waals surface area contributed by atoms with E-state index >= 15 is 0 Å². The molecule has 1 aliphatic rings. The number of rotatable bonds is 6. The number of methoxy groups -OCH3 is 1. The molecule has 3 N–H and O–H groups in total. The molecule has 1 fully saturated rings. The maximum Gasteiger partial charge on any atom is 0.161 e. The second kappa shape index (κ2) is 6.46. The zero-order valence-corrected chi connectivity index (χ0v) is 12.4. The van der Waals surface area contributed by atoms with E-state index in [4.69, 9.17) is 15.2 Å². The van der Waals surface area contributed by atoms with Crippen LogP contribution in [0.25, 0.3) is 0 Å². The number of aryl methyl sites for hydroxylation is 1. The number of nitrogens with two attached hydrogens (primary N) is 1.